The molecule has 0 aromatic rings. The molecular weight excluding hydrogens is 172 g/mol. The first-order chi connectivity index (χ1) is 6.70. The van der Waals surface area contributed by atoms with E-state index in [1.165, 1.54) is 44.9 Å². The number of rotatable bonds is 3. The van der Waals surface area contributed by atoms with Crippen LogP contribution in [0.25, 0.3) is 0 Å². The third-order valence-electron chi connectivity index (χ3n) is 3.27. The van der Waals surface area contributed by atoms with E-state index in [1.54, 1.807) is 0 Å². The molecule has 1 saturated carbocycles. The van der Waals surface area contributed by atoms with Crippen LogP contribution in [0, 0.1) is 0 Å². The van der Waals surface area contributed by atoms with Crippen molar-refractivity contribution in [2.45, 2.75) is 64.0 Å². The zero-order chi connectivity index (χ0) is 10.4. The smallest absolute Gasteiger partial charge is 0.0139 e. The van der Waals surface area contributed by atoms with E-state index in [2.05, 4.69) is 18.9 Å². The third kappa shape index (κ3) is 4.43. The van der Waals surface area contributed by atoms with Gasteiger partial charge in [-0.2, -0.15) is 0 Å². The predicted octanol–water partition coefficient (Wildman–Crippen LogP) is 2.38. The normalized spacial score (nSPS) is 23.1. The van der Waals surface area contributed by atoms with Crippen molar-refractivity contribution in [2.75, 3.05) is 13.6 Å². The molecule has 14 heavy (non-hydrogen) atoms. The van der Waals surface area contributed by atoms with Crippen molar-refractivity contribution in [3.63, 3.8) is 0 Å². The molecule has 0 aromatic heterocycles. The molecule has 2 nitrogen and oxygen atoms in total. The Morgan fingerprint density at radius 1 is 1.14 bits per heavy atom. The van der Waals surface area contributed by atoms with Gasteiger partial charge in [0, 0.05) is 18.6 Å². The first-order valence-electron chi connectivity index (χ1n) is 6.16. The Bertz CT molecular complexity index is 137. The number of nitrogens with zero attached hydrogens (tertiary/aromatic N) is 1. The monoisotopic (exact) mass is 198 g/mol. The lowest BCUT2D eigenvalue weighted by Gasteiger charge is -2.30. The van der Waals surface area contributed by atoms with Gasteiger partial charge in [-0.05, 0) is 26.8 Å². The van der Waals surface area contributed by atoms with Gasteiger partial charge in [0.2, 0.25) is 0 Å². The number of hydrogen-bond acceptors (Lipinski definition) is 2. The van der Waals surface area contributed by atoms with Crippen LogP contribution in [0.5, 0.6) is 0 Å². The minimum Gasteiger partial charge on any atom is -0.327 e. The van der Waals surface area contributed by atoms with Crippen LogP contribution in [0.15, 0.2) is 0 Å². The van der Waals surface area contributed by atoms with Crippen molar-refractivity contribution < 1.29 is 0 Å². The Morgan fingerprint density at radius 3 is 2.14 bits per heavy atom. The lowest BCUT2D eigenvalue weighted by atomic mass is 9.95. The summed E-state index contributed by atoms with van der Waals surface area (Å²) >= 11 is 0. The molecule has 2 heteroatoms. The fraction of sp³-hybridized carbons (Fsp3) is 1.00. The highest BCUT2D eigenvalue weighted by Gasteiger charge is 2.16. The summed E-state index contributed by atoms with van der Waals surface area (Å²) in [6.45, 7) is 3.14. The minimum atomic E-state index is 0.311. The highest BCUT2D eigenvalue weighted by molar-refractivity contribution is 4.73. The standard InChI is InChI=1S/C12H26N2/c1-11(13)10-14(2)12-8-6-4-3-5-7-9-12/h11-12H,3-10,13H2,1-2H3. The summed E-state index contributed by atoms with van der Waals surface area (Å²) in [5.74, 6) is 0. The van der Waals surface area contributed by atoms with Gasteiger partial charge in [0.1, 0.15) is 0 Å². The summed E-state index contributed by atoms with van der Waals surface area (Å²) in [4.78, 5) is 2.47. The Labute approximate surface area is 88.8 Å². The van der Waals surface area contributed by atoms with Crippen LogP contribution in [0.2, 0.25) is 0 Å². The third-order valence-corrected chi connectivity index (χ3v) is 3.27. The SMILES string of the molecule is CC(N)CN(C)C1CCCCCCC1. The van der Waals surface area contributed by atoms with E-state index < -0.39 is 0 Å². The van der Waals surface area contributed by atoms with E-state index in [0.29, 0.717) is 6.04 Å². The van der Waals surface area contributed by atoms with Crippen LogP contribution in [0.3, 0.4) is 0 Å². The van der Waals surface area contributed by atoms with E-state index in [4.69, 9.17) is 5.73 Å². The Morgan fingerprint density at radius 2 is 1.64 bits per heavy atom. The summed E-state index contributed by atoms with van der Waals surface area (Å²) in [6.07, 6.45) is 9.89. The lowest BCUT2D eigenvalue weighted by molar-refractivity contribution is 0.195. The largest absolute Gasteiger partial charge is 0.327 e. The van der Waals surface area contributed by atoms with Crippen molar-refractivity contribution in [2.24, 2.45) is 5.73 Å². The predicted molar refractivity (Wildman–Crippen MR) is 62.4 cm³/mol. The fourth-order valence-electron chi connectivity index (χ4n) is 2.48. The van der Waals surface area contributed by atoms with Gasteiger partial charge in [0.15, 0.2) is 0 Å². The topological polar surface area (TPSA) is 29.3 Å². The maximum Gasteiger partial charge on any atom is 0.0139 e. The average Bonchev–Trinajstić information content (AvgIpc) is 2.00. The lowest BCUT2D eigenvalue weighted by Crippen LogP contribution is -2.40. The summed E-state index contributed by atoms with van der Waals surface area (Å²) in [6, 6.07) is 1.10. The van der Waals surface area contributed by atoms with Crippen molar-refractivity contribution in [3.05, 3.63) is 0 Å². The molecule has 0 saturated heterocycles. The van der Waals surface area contributed by atoms with Gasteiger partial charge in [-0.25, -0.2) is 0 Å². The van der Waals surface area contributed by atoms with Crippen molar-refractivity contribution >= 4 is 0 Å². The maximum atomic E-state index is 5.83. The van der Waals surface area contributed by atoms with Crippen LogP contribution in [-0.2, 0) is 0 Å². The molecule has 0 radical (unpaired) electrons. The zero-order valence-corrected chi connectivity index (χ0v) is 9.84. The van der Waals surface area contributed by atoms with E-state index >= 15 is 0 Å². The molecule has 84 valence electrons. The van der Waals surface area contributed by atoms with Gasteiger partial charge in [0.25, 0.3) is 0 Å². The van der Waals surface area contributed by atoms with Crippen molar-refractivity contribution in [1.29, 1.82) is 0 Å². The van der Waals surface area contributed by atoms with Gasteiger partial charge in [-0.15, -0.1) is 0 Å². The summed E-state index contributed by atoms with van der Waals surface area (Å²) in [5.41, 5.74) is 5.83. The molecule has 1 unspecified atom stereocenters. The Kier molecular flexibility index (Phi) is 5.49. The number of hydrogen-bond donors (Lipinski definition) is 1. The van der Waals surface area contributed by atoms with Crippen LogP contribution in [0.4, 0.5) is 0 Å². The van der Waals surface area contributed by atoms with Gasteiger partial charge >= 0.3 is 0 Å². The summed E-state index contributed by atoms with van der Waals surface area (Å²) in [5, 5.41) is 0. The van der Waals surface area contributed by atoms with Gasteiger partial charge in [-0.3, -0.25) is 0 Å². The van der Waals surface area contributed by atoms with E-state index in [9.17, 15) is 0 Å². The minimum absolute atomic E-state index is 0.311. The first kappa shape index (κ1) is 12.0. The molecule has 1 aliphatic carbocycles. The number of likely N-dealkylation sites (N-methyl/N-ethyl adjacent to an activating group) is 1. The zero-order valence-electron chi connectivity index (χ0n) is 9.84. The summed E-state index contributed by atoms with van der Waals surface area (Å²) in [7, 11) is 2.23. The van der Waals surface area contributed by atoms with Gasteiger partial charge in [0.05, 0.1) is 0 Å². The van der Waals surface area contributed by atoms with Gasteiger partial charge in [-0.1, -0.05) is 32.1 Å². The molecule has 1 atom stereocenters. The molecule has 0 amide bonds. The second-order valence-corrected chi connectivity index (χ2v) is 4.92. The highest BCUT2D eigenvalue weighted by Crippen LogP contribution is 2.20. The molecule has 0 spiro atoms. The molecule has 0 aromatic carbocycles. The molecule has 0 bridgehead atoms. The fourth-order valence-corrected chi connectivity index (χ4v) is 2.48. The molecule has 2 N–H and O–H groups in total. The van der Waals surface area contributed by atoms with Crippen molar-refractivity contribution in [1.82, 2.24) is 4.90 Å². The van der Waals surface area contributed by atoms with Crippen LogP contribution in [-0.4, -0.2) is 30.6 Å². The average molecular weight is 198 g/mol. The number of nitrogens with two attached hydrogens (primary N) is 1. The van der Waals surface area contributed by atoms with Crippen LogP contribution >= 0.6 is 0 Å². The van der Waals surface area contributed by atoms with Crippen LogP contribution < -0.4 is 5.73 Å². The second-order valence-electron chi connectivity index (χ2n) is 4.92. The Balaban J connectivity index is 2.31. The molecule has 1 aliphatic rings. The molecule has 1 fully saturated rings. The van der Waals surface area contributed by atoms with E-state index in [1.807, 2.05) is 0 Å². The van der Waals surface area contributed by atoms with Crippen LogP contribution in [0.1, 0.15) is 51.9 Å². The van der Waals surface area contributed by atoms with E-state index in [-0.39, 0.29) is 0 Å². The second kappa shape index (κ2) is 6.41. The quantitative estimate of drug-likeness (QED) is 0.754. The highest BCUT2D eigenvalue weighted by atomic mass is 15.1. The molecule has 0 aliphatic heterocycles. The first-order valence-corrected chi connectivity index (χ1v) is 6.16. The summed E-state index contributed by atoms with van der Waals surface area (Å²) < 4.78 is 0. The molecule has 0 heterocycles. The molecular formula is C12H26N2. The van der Waals surface area contributed by atoms with Crippen molar-refractivity contribution in [3.8, 4) is 0 Å². The van der Waals surface area contributed by atoms with Gasteiger partial charge < -0.3 is 10.6 Å². The van der Waals surface area contributed by atoms with E-state index in [0.717, 1.165) is 12.6 Å². The Hall–Kier alpha value is -0.0800. The molecule has 1 rings (SSSR count). The maximum absolute atomic E-state index is 5.83.